The lowest BCUT2D eigenvalue weighted by molar-refractivity contribution is 0.382. The second kappa shape index (κ2) is 7.17. The highest BCUT2D eigenvalue weighted by Crippen LogP contribution is 2.20. The molecule has 0 aliphatic rings. The minimum absolute atomic E-state index is 0.00132. The number of nitrogens with one attached hydrogen (secondary N) is 1. The Morgan fingerprint density at radius 1 is 1.32 bits per heavy atom. The SMILES string of the molecule is CNc1ccc(S(=O)(=O)N(C)C(C)CCSC)cc1. The minimum atomic E-state index is -3.40. The molecule has 1 atom stereocenters. The normalized spacial score (nSPS) is 13.5. The summed E-state index contributed by atoms with van der Waals surface area (Å²) in [6.45, 7) is 1.94. The van der Waals surface area contributed by atoms with Gasteiger partial charge in [-0.15, -0.1) is 0 Å². The quantitative estimate of drug-likeness (QED) is 0.841. The first-order chi connectivity index (χ1) is 8.93. The third-order valence-corrected chi connectivity index (χ3v) is 5.81. The molecule has 1 aromatic rings. The van der Waals surface area contributed by atoms with Crippen LogP contribution in [0, 0.1) is 0 Å². The molecule has 0 fully saturated rings. The van der Waals surface area contributed by atoms with Crippen LogP contribution in [0.4, 0.5) is 5.69 Å². The summed E-state index contributed by atoms with van der Waals surface area (Å²) in [6, 6.07) is 6.82. The van der Waals surface area contributed by atoms with Gasteiger partial charge in [-0.3, -0.25) is 0 Å². The minimum Gasteiger partial charge on any atom is -0.388 e. The van der Waals surface area contributed by atoms with Gasteiger partial charge in [-0.2, -0.15) is 16.1 Å². The molecule has 0 aliphatic carbocycles. The van der Waals surface area contributed by atoms with Crippen molar-refractivity contribution in [2.75, 3.05) is 31.4 Å². The van der Waals surface area contributed by atoms with Gasteiger partial charge >= 0.3 is 0 Å². The molecule has 1 aromatic carbocycles. The lowest BCUT2D eigenvalue weighted by atomic mass is 10.3. The average Bonchev–Trinajstić information content (AvgIpc) is 2.43. The van der Waals surface area contributed by atoms with Crippen molar-refractivity contribution >= 4 is 27.5 Å². The fourth-order valence-electron chi connectivity index (χ4n) is 1.67. The van der Waals surface area contributed by atoms with Gasteiger partial charge in [0.1, 0.15) is 0 Å². The van der Waals surface area contributed by atoms with Crippen LogP contribution in [0.15, 0.2) is 29.2 Å². The van der Waals surface area contributed by atoms with E-state index in [0.717, 1.165) is 17.9 Å². The van der Waals surface area contributed by atoms with Crippen LogP contribution in [0.1, 0.15) is 13.3 Å². The highest BCUT2D eigenvalue weighted by molar-refractivity contribution is 7.98. The Hall–Kier alpha value is -0.720. The Bertz CT molecular complexity index is 486. The fourth-order valence-corrected chi connectivity index (χ4v) is 3.64. The van der Waals surface area contributed by atoms with Crippen LogP contribution in [0.25, 0.3) is 0 Å². The van der Waals surface area contributed by atoms with Crippen LogP contribution in [0.3, 0.4) is 0 Å². The summed E-state index contributed by atoms with van der Waals surface area (Å²) in [5, 5.41) is 2.97. The predicted octanol–water partition coefficient (Wildman–Crippen LogP) is 2.49. The largest absolute Gasteiger partial charge is 0.388 e. The summed E-state index contributed by atoms with van der Waals surface area (Å²) in [6.07, 6.45) is 2.88. The Balaban J connectivity index is 2.89. The second-order valence-corrected chi connectivity index (χ2v) is 7.41. The van der Waals surface area contributed by atoms with E-state index >= 15 is 0 Å². The van der Waals surface area contributed by atoms with Gasteiger partial charge in [0.15, 0.2) is 0 Å². The zero-order valence-electron chi connectivity index (χ0n) is 11.9. The third-order valence-electron chi connectivity index (χ3n) is 3.18. The summed E-state index contributed by atoms with van der Waals surface area (Å²) >= 11 is 1.73. The lowest BCUT2D eigenvalue weighted by Gasteiger charge is -2.24. The van der Waals surface area contributed by atoms with Crippen molar-refractivity contribution in [2.24, 2.45) is 0 Å². The monoisotopic (exact) mass is 302 g/mol. The van der Waals surface area contributed by atoms with Gasteiger partial charge in [0.2, 0.25) is 10.0 Å². The highest BCUT2D eigenvalue weighted by atomic mass is 32.2. The molecule has 1 N–H and O–H groups in total. The van der Waals surface area contributed by atoms with Crippen LogP contribution in [-0.2, 0) is 10.0 Å². The van der Waals surface area contributed by atoms with E-state index in [4.69, 9.17) is 0 Å². The topological polar surface area (TPSA) is 49.4 Å². The van der Waals surface area contributed by atoms with Gasteiger partial charge < -0.3 is 5.32 Å². The summed E-state index contributed by atoms with van der Waals surface area (Å²) in [5.74, 6) is 0.958. The predicted molar refractivity (Wildman–Crippen MR) is 83.4 cm³/mol. The van der Waals surface area contributed by atoms with Crippen molar-refractivity contribution in [3.8, 4) is 0 Å². The first-order valence-electron chi connectivity index (χ1n) is 6.18. The van der Waals surface area contributed by atoms with Crippen LogP contribution in [0.5, 0.6) is 0 Å². The van der Waals surface area contributed by atoms with Gasteiger partial charge in [-0.1, -0.05) is 0 Å². The van der Waals surface area contributed by atoms with Crippen molar-refractivity contribution in [3.63, 3.8) is 0 Å². The third kappa shape index (κ3) is 4.12. The summed E-state index contributed by atoms with van der Waals surface area (Å²) < 4.78 is 26.3. The number of nitrogens with zero attached hydrogens (tertiary/aromatic N) is 1. The lowest BCUT2D eigenvalue weighted by Crippen LogP contribution is -2.35. The number of benzene rings is 1. The van der Waals surface area contributed by atoms with Crippen LogP contribution in [-0.4, -0.2) is 44.9 Å². The Kier molecular flexibility index (Phi) is 6.16. The van der Waals surface area contributed by atoms with E-state index in [0.29, 0.717) is 4.90 Å². The number of sulfonamides is 1. The van der Waals surface area contributed by atoms with Gasteiger partial charge in [0.05, 0.1) is 4.90 Å². The van der Waals surface area contributed by atoms with E-state index in [1.807, 2.05) is 13.2 Å². The maximum absolute atomic E-state index is 12.4. The molecule has 0 saturated heterocycles. The molecule has 0 bridgehead atoms. The van der Waals surface area contributed by atoms with E-state index in [1.54, 1.807) is 50.1 Å². The molecule has 0 aromatic heterocycles. The highest BCUT2D eigenvalue weighted by Gasteiger charge is 2.24. The summed E-state index contributed by atoms with van der Waals surface area (Å²) in [4.78, 5) is 0.338. The molecule has 0 radical (unpaired) electrons. The fraction of sp³-hybridized carbons (Fsp3) is 0.538. The molecule has 0 saturated carbocycles. The molecule has 108 valence electrons. The maximum Gasteiger partial charge on any atom is 0.243 e. The van der Waals surface area contributed by atoms with Crippen molar-refractivity contribution in [1.29, 1.82) is 0 Å². The number of hydrogen-bond acceptors (Lipinski definition) is 4. The van der Waals surface area contributed by atoms with E-state index in [2.05, 4.69) is 5.32 Å². The maximum atomic E-state index is 12.4. The van der Waals surface area contributed by atoms with Gasteiger partial charge in [-0.25, -0.2) is 8.42 Å². The smallest absolute Gasteiger partial charge is 0.243 e. The Morgan fingerprint density at radius 3 is 2.37 bits per heavy atom. The Labute approximate surface area is 120 Å². The molecule has 1 rings (SSSR count). The molecule has 19 heavy (non-hydrogen) atoms. The zero-order chi connectivity index (χ0) is 14.5. The summed E-state index contributed by atoms with van der Waals surface area (Å²) in [7, 11) is 0.0535. The van der Waals surface area contributed by atoms with Crippen LogP contribution < -0.4 is 5.32 Å². The van der Waals surface area contributed by atoms with Gasteiger partial charge in [-0.05, 0) is 49.6 Å². The zero-order valence-corrected chi connectivity index (χ0v) is 13.5. The summed E-state index contributed by atoms with van der Waals surface area (Å²) in [5.41, 5.74) is 0.900. The van der Waals surface area contributed by atoms with Crippen molar-refractivity contribution in [1.82, 2.24) is 4.31 Å². The van der Waals surface area contributed by atoms with Crippen molar-refractivity contribution < 1.29 is 8.42 Å². The van der Waals surface area contributed by atoms with Gasteiger partial charge in [0.25, 0.3) is 0 Å². The van der Waals surface area contributed by atoms with Crippen molar-refractivity contribution in [3.05, 3.63) is 24.3 Å². The molecule has 1 unspecified atom stereocenters. The average molecular weight is 302 g/mol. The van der Waals surface area contributed by atoms with Crippen LogP contribution in [0.2, 0.25) is 0 Å². The molecule has 4 nitrogen and oxygen atoms in total. The molecule has 6 heteroatoms. The van der Waals surface area contributed by atoms with Crippen LogP contribution >= 0.6 is 11.8 Å². The molecule has 0 aliphatic heterocycles. The Morgan fingerprint density at radius 2 is 1.89 bits per heavy atom. The number of thioether (sulfide) groups is 1. The first-order valence-corrected chi connectivity index (χ1v) is 9.01. The second-order valence-electron chi connectivity index (χ2n) is 4.43. The van der Waals surface area contributed by atoms with E-state index in [9.17, 15) is 8.42 Å². The number of anilines is 1. The molecule has 0 spiro atoms. The molecule has 0 heterocycles. The standard InChI is InChI=1S/C13H22N2O2S2/c1-11(9-10-18-4)15(3)19(16,17)13-7-5-12(14-2)6-8-13/h5-8,11,14H,9-10H2,1-4H3. The first kappa shape index (κ1) is 16.3. The molecular formula is C13H22N2O2S2. The van der Waals surface area contributed by atoms with Gasteiger partial charge in [0, 0.05) is 25.8 Å². The van der Waals surface area contributed by atoms with E-state index in [1.165, 1.54) is 4.31 Å². The number of hydrogen-bond donors (Lipinski definition) is 1. The number of rotatable bonds is 7. The van der Waals surface area contributed by atoms with Crippen molar-refractivity contribution in [2.45, 2.75) is 24.3 Å². The molecular weight excluding hydrogens is 280 g/mol. The van der Waals surface area contributed by atoms with E-state index in [-0.39, 0.29) is 6.04 Å². The molecule has 0 amide bonds. The van der Waals surface area contributed by atoms with E-state index < -0.39 is 10.0 Å².